The molecule has 0 saturated carbocycles. The van der Waals surface area contributed by atoms with Crippen LogP contribution in [0.1, 0.15) is 48.0 Å². The molecule has 1 amide bonds. The van der Waals surface area contributed by atoms with Crippen LogP contribution in [-0.2, 0) is 16.9 Å². The van der Waals surface area contributed by atoms with Gasteiger partial charge in [0.2, 0.25) is 0 Å². The van der Waals surface area contributed by atoms with Gasteiger partial charge < -0.3 is 5.32 Å². The molecular weight excluding hydrogens is 354 g/mol. The molecule has 0 spiro atoms. The number of nitrogens with one attached hydrogen (secondary N) is 1. The number of hydrogen-bond acceptors (Lipinski definition) is 3. The van der Waals surface area contributed by atoms with Gasteiger partial charge in [-0.1, -0.05) is 51.1 Å². The number of hydrogen-bond donors (Lipinski definition) is 1. The van der Waals surface area contributed by atoms with Gasteiger partial charge in [0.05, 0.1) is 11.4 Å². The van der Waals surface area contributed by atoms with Crippen molar-refractivity contribution < 1.29 is 4.79 Å². The minimum Gasteiger partial charge on any atom is -0.306 e. The number of para-hydroxylation sites is 1. The molecule has 138 valence electrons. The van der Waals surface area contributed by atoms with Crippen LogP contribution in [0.5, 0.6) is 0 Å². The zero-order chi connectivity index (χ0) is 19.0. The van der Waals surface area contributed by atoms with Crippen LogP contribution in [0.15, 0.2) is 54.6 Å². The molecule has 1 aliphatic heterocycles. The summed E-state index contributed by atoms with van der Waals surface area (Å²) in [5, 5.41) is 7.85. The van der Waals surface area contributed by atoms with Crippen molar-refractivity contribution in [3.05, 3.63) is 77.0 Å². The molecule has 0 unspecified atom stereocenters. The van der Waals surface area contributed by atoms with Crippen LogP contribution in [-0.4, -0.2) is 15.7 Å². The maximum atomic E-state index is 12.9. The first kappa shape index (κ1) is 17.9. The van der Waals surface area contributed by atoms with Crippen molar-refractivity contribution in [2.45, 2.75) is 37.7 Å². The molecule has 1 aliphatic rings. The lowest BCUT2D eigenvalue weighted by molar-refractivity contribution is 0.102. The highest BCUT2D eigenvalue weighted by atomic mass is 32.2. The monoisotopic (exact) mass is 377 g/mol. The zero-order valence-corrected chi connectivity index (χ0v) is 16.6. The number of fused-ring (bicyclic) bond motifs is 1. The first-order chi connectivity index (χ1) is 12.9. The van der Waals surface area contributed by atoms with Crippen molar-refractivity contribution >= 4 is 23.5 Å². The van der Waals surface area contributed by atoms with E-state index in [0.717, 1.165) is 34.3 Å². The standard InChI is InChI=1S/C22H23N3OS/c1-22(2,3)16-11-9-15(10-12-16)21(26)23-20-18-13-27-14-19(18)24-25(20)17-7-5-4-6-8-17/h4-12H,13-14H2,1-3H3,(H,23,26). The quantitative estimate of drug-likeness (QED) is 0.685. The number of anilines is 1. The molecule has 1 aromatic heterocycles. The van der Waals surface area contributed by atoms with Gasteiger partial charge in [0.15, 0.2) is 0 Å². The normalized spacial score (nSPS) is 13.4. The van der Waals surface area contributed by atoms with E-state index in [1.807, 2.05) is 71.0 Å². The number of thioether (sulfide) groups is 1. The molecule has 0 atom stereocenters. The van der Waals surface area contributed by atoms with E-state index in [1.165, 1.54) is 5.56 Å². The SMILES string of the molecule is CC(C)(C)c1ccc(C(=O)Nc2c3c(nn2-c2ccccc2)CSC3)cc1. The summed E-state index contributed by atoms with van der Waals surface area (Å²) < 4.78 is 1.85. The predicted octanol–water partition coefficient (Wildman–Crippen LogP) is 5.17. The molecule has 3 aromatic rings. The van der Waals surface area contributed by atoms with Gasteiger partial charge in [0.1, 0.15) is 5.82 Å². The van der Waals surface area contributed by atoms with Crippen LogP contribution in [0.25, 0.3) is 5.69 Å². The van der Waals surface area contributed by atoms with Gasteiger partial charge in [-0.2, -0.15) is 16.9 Å². The molecule has 1 N–H and O–H groups in total. The molecule has 0 aliphatic carbocycles. The summed E-state index contributed by atoms with van der Waals surface area (Å²) in [6, 6.07) is 17.8. The smallest absolute Gasteiger partial charge is 0.256 e. The maximum Gasteiger partial charge on any atom is 0.256 e. The van der Waals surface area contributed by atoms with E-state index in [2.05, 4.69) is 26.1 Å². The Hall–Kier alpha value is -2.53. The average molecular weight is 378 g/mol. The van der Waals surface area contributed by atoms with Crippen molar-refractivity contribution in [3.8, 4) is 5.69 Å². The minimum atomic E-state index is -0.104. The van der Waals surface area contributed by atoms with Crippen molar-refractivity contribution in [1.29, 1.82) is 0 Å². The van der Waals surface area contributed by atoms with Crippen molar-refractivity contribution in [2.24, 2.45) is 0 Å². The fourth-order valence-corrected chi connectivity index (χ4v) is 4.23. The van der Waals surface area contributed by atoms with Gasteiger partial charge in [-0.3, -0.25) is 4.79 Å². The highest BCUT2D eigenvalue weighted by molar-refractivity contribution is 7.98. The van der Waals surface area contributed by atoms with Crippen molar-refractivity contribution in [2.75, 3.05) is 5.32 Å². The number of amides is 1. The summed E-state index contributed by atoms with van der Waals surface area (Å²) in [6.07, 6.45) is 0. The minimum absolute atomic E-state index is 0.0684. The lowest BCUT2D eigenvalue weighted by Crippen LogP contribution is -2.17. The van der Waals surface area contributed by atoms with Crippen LogP contribution < -0.4 is 5.32 Å². The number of aromatic nitrogens is 2. The number of nitrogens with zero attached hydrogens (tertiary/aromatic N) is 2. The molecule has 0 bridgehead atoms. The second-order valence-electron chi connectivity index (χ2n) is 7.80. The summed E-state index contributed by atoms with van der Waals surface area (Å²) in [4.78, 5) is 12.9. The molecule has 4 nitrogen and oxygen atoms in total. The molecule has 4 rings (SSSR count). The maximum absolute atomic E-state index is 12.9. The molecule has 27 heavy (non-hydrogen) atoms. The van der Waals surface area contributed by atoms with E-state index in [1.54, 1.807) is 0 Å². The lowest BCUT2D eigenvalue weighted by Gasteiger charge is -2.19. The molecule has 0 fully saturated rings. The molecule has 0 saturated heterocycles. The Morgan fingerprint density at radius 3 is 2.41 bits per heavy atom. The van der Waals surface area contributed by atoms with Gasteiger partial charge in [-0.15, -0.1) is 0 Å². The Bertz CT molecular complexity index is 969. The molecule has 5 heteroatoms. The summed E-state index contributed by atoms with van der Waals surface area (Å²) in [7, 11) is 0. The Labute approximate surface area is 164 Å². The van der Waals surface area contributed by atoms with Crippen molar-refractivity contribution in [3.63, 3.8) is 0 Å². The second kappa shape index (κ2) is 6.89. The van der Waals surface area contributed by atoms with Gasteiger partial charge in [-0.25, -0.2) is 4.68 Å². The summed E-state index contributed by atoms with van der Waals surface area (Å²) >= 11 is 1.83. The van der Waals surface area contributed by atoms with E-state index in [0.29, 0.717) is 5.56 Å². The average Bonchev–Trinajstić information content (AvgIpc) is 3.24. The number of rotatable bonds is 3. The fourth-order valence-electron chi connectivity index (χ4n) is 3.20. The second-order valence-corrected chi connectivity index (χ2v) is 8.78. The van der Waals surface area contributed by atoms with Gasteiger partial charge in [0.25, 0.3) is 5.91 Å². The van der Waals surface area contributed by atoms with E-state index in [4.69, 9.17) is 5.10 Å². The third-order valence-electron chi connectivity index (χ3n) is 4.80. The fraction of sp³-hybridized carbons (Fsp3) is 0.273. The first-order valence-electron chi connectivity index (χ1n) is 9.09. The van der Waals surface area contributed by atoms with Gasteiger partial charge in [0, 0.05) is 22.6 Å². The number of carbonyl (C=O) groups excluding carboxylic acids is 1. The summed E-state index contributed by atoms with van der Waals surface area (Å²) in [5.74, 6) is 2.44. The van der Waals surface area contributed by atoms with Crippen molar-refractivity contribution in [1.82, 2.24) is 9.78 Å². The highest BCUT2D eigenvalue weighted by Gasteiger charge is 2.25. The molecule has 2 heterocycles. The topological polar surface area (TPSA) is 46.9 Å². The largest absolute Gasteiger partial charge is 0.306 e. The van der Waals surface area contributed by atoms with Crippen LogP contribution in [0, 0.1) is 0 Å². The molecule has 0 radical (unpaired) electrons. The van der Waals surface area contributed by atoms with E-state index in [9.17, 15) is 4.79 Å². The Kier molecular flexibility index (Phi) is 4.56. The number of benzene rings is 2. The predicted molar refractivity (Wildman–Crippen MR) is 112 cm³/mol. The van der Waals surface area contributed by atoms with Crippen LogP contribution in [0.2, 0.25) is 0 Å². The van der Waals surface area contributed by atoms with E-state index >= 15 is 0 Å². The Morgan fingerprint density at radius 2 is 1.74 bits per heavy atom. The van der Waals surface area contributed by atoms with E-state index in [-0.39, 0.29) is 11.3 Å². The van der Waals surface area contributed by atoms with Crippen LogP contribution >= 0.6 is 11.8 Å². The third-order valence-corrected chi connectivity index (χ3v) is 5.77. The molecule has 2 aromatic carbocycles. The van der Waals surface area contributed by atoms with Crippen LogP contribution in [0.4, 0.5) is 5.82 Å². The van der Waals surface area contributed by atoms with Gasteiger partial charge in [-0.05, 0) is 35.2 Å². The van der Waals surface area contributed by atoms with Gasteiger partial charge >= 0.3 is 0 Å². The summed E-state index contributed by atoms with van der Waals surface area (Å²) in [6.45, 7) is 6.50. The highest BCUT2D eigenvalue weighted by Crippen LogP contribution is 2.36. The first-order valence-corrected chi connectivity index (χ1v) is 10.2. The third kappa shape index (κ3) is 3.52. The zero-order valence-electron chi connectivity index (χ0n) is 15.8. The Morgan fingerprint density at radius 1 is 1.04 bits per heavy atom. The number of carbonyl (C=O) groups is 1. The lowest BCUT2D eigenvalue weighted by atomic mass is 9.87. The molecular formula is C22H23N3OS. The van der Waals surface area contributed by atoms with Crippen LogP contribution in [0.3, 0.4) is 0 Å². The Balaban J connectivity index is 1.65. The summed E-state index contributed by atoms with van der Waals surface area (Å²) in [5.41, 5.74) is 5.08. The van der Waals surface area contributed by atoms with E-state index < -0.39 is 0 Å².